The molecule has 0 saturated carbocycles. The smallest absolute Gasteiger partial charge is 0.0869 e. The summed E-state index contributed by atoms with van der Waals surface area (Å²) < 4.78 is 0. The Labute approximate surface area is 84.9 Å². The van der Waals surface area contributed by atoms with Crippen LogP contribution < -0.4 is 5.73 Å². The molecule has 0 aromatic rings. The first-order chi connectivity index (χ1) is 5.66. The molecule has 12 heavy (non-hydrogen) atoms. The third-order valence-corrected chi connectivity index (χ3v) is 2.57. The van der Waals surface area contributed by atoms with Gasteiger partial charge in [-0.05, 0) is 31.5 Å². The minimum atomic E-state index is 0.584. The van der Waals surface area contributed by atoms with Crippen molar-refractivity contribution in [2.45, 2.75) is 13.3 Å². The fourth-order valence-electron chi connectivity index (χ4n) is 0.926. The summed E-state index contributed by atoms with van der Waals surface area (Å²) in [5.41, 5.74) is 5.41. The average Bonchev–Trinajstić information content (AvgIpc) is 1.97. The summed E-state index contributed by atoms with van der Waals surface area (Å²) in [5.74, 6) is 2.44. The molecule has 0 radical (unpaired) electrons. The summed E-state index contributed by atoms with van der Waals surface area (Å²) >= 11 is 6.78. The first-order valence-electron chi connectivity index (χ1n) is 4.21. The molecular weight excluding hydrogens is 188 g/mol. The van der Waals surface area contributed by atoms with Crippen LogP contribution >= 0.6 is 24.0 Å². The molecule has 0 rings (SSSR count). The van der Waals surface area contributed by atoms with E-state index in [1.807, 2.05) is 11.8 Å². The van der Waals surface area contributed by atoms with Crippen LogP contribution in [0.3, 0.4) is 0 Å². The second-order valence-corrected chi connectivity index (χ2v) is 4.67. The molecule has 0 fully saturated rings. The van der Waals surface area contributed by atoms with E-state index in [0.717, 1.165) is 13.1 Å². The van der Waals surface area contributed by atoms with Crippen LogP contribution in [0.2, 0.25) is 0 Å². The van der Waals surface area contributed by atoms with E-state index in [1.165, 1.54) is 17.9 Å². The van der Waals surface area contributed by atoms with Crippen LogP contribution in [0, 0.1) is 0 Å². The van der Waals surface area contributed by atoms with Crippen molar-refractivity contribution in [3.63, 3.8) is 0 Å². The summed E-state index contributed by atoms with van der Waals surface area (Å²) in [7, 11) is 2.05. The molecule has 0 aliphatic heterocycles. The summed E-state index contributed by atoms with van der Waals surface area (Å²) in [6.07, 6.45) is 1.22. The normalized spacial score (nSPS) is 10.6. The van der Waals surface area contributed by atoms with E-state index >= 15 is 0 Å². The van der Waals surface area contributed by atoms with E-state index in [1.54, 1.807) is 0 Å². The second kappa shape index (κ2) is 7.83. The fourth-order valence-corrected chi connectivity index (χ4v) is 1.77. The lowest BCUT2D eigenvalue weighted by Gasteiger charge is -2.14. The lowest BCUT2D eigenvalue weighted by molar-refractivity contribution is 0.383. The van der Waals surface area contributed by atoms with Gasteiger partial charge in [-0.15, -0.1) is 0 Å². The lowest BCUT2D eigenvalue weighted by atomic mass is 10.4. The highest BCUT2D eigenvalue weighted by Crippen LogP contribution is 2.01. The molecule has 4 heteroatoms. The van der Waals surface area contributed by atoms with Crippen LogP contribution in [0.1, 0.15) is 13.3 Å². The Morgan fingerprint density at radius 3 is 2.75 bits per heavy atom. The Morgan fingerprint density at radius 1 is 1.58 bits per heavy atom. The van der Waals surface area contributed by atoms with Crippen molar-refractivity contribution < 1.29 is 0 Å². The second-order valence-electron chi connectivity index (χ2n) is 2.75. The van der Waals surface area contributed by atoms with Gasteiger partial charge in [-0.1, -0.05) is 19.1 Å². The standard InChI is InChI=1S/C8H18N2S2/c1-3-12-6-4-5-10(2)7-8(9)11/h3-7H2,1-2H3,(H2,9,11). The number of nitrogens with two attached hydrogens (primary N) is 1. The van der Waals surface area contributed by atoms with E-state index in [4.69, 9.17) is 18.0 Å². The number of hydrogen-bond acceptors (Lipinski definition) is 3. The largest absolute Gasteiger partial charge is 0.392 e. The van der Waals surface area contributed by atoms with E-state index in [9.17, 15) is 0 Å². The van der Waals surface area contributed by atoms with Gasteiger partial charge in [0.1, 0.15) is 0 Å². The third kappa shape index (κ3) is 8.30. The van der Waals surface area contributed by atoms with E-state index < -0.39 is 0 Å². The highest BCUT2D eigenvalue weighted by molar-refractivity contribution is 7.99. The minimum absolute atomic E-state index is 0.584. The van der Waals surface area contributed by atoms with Crippen LogP contribution in [0.25, 0.3) is 0 Å². The Balaban J connectivity index is 3.19. The number of hydrogen-bond donors (Lipinski definition) is 1. The average molecular weight is 206 g/mol. The zero-order valence-electron chi connectivity index (χ0n) is 7.88. The molecule has 2 N–H and O–H groups in total. The van der Waals surface area contributed by atoms with Crippen LogP contribution in [0.15, 0.2) is 0 Å². The SMILES string of the molecule is CCSCCCN(C)CC(N)=S. The number of likely N-dealkylation sites (N-methyl/N-ethyl adjacent to an activating group) is 1. The van der Waals surface area contributed by atoms with E-state index in [-0.39, 0.29) is 0 Å². The molecule has 0 amide bonds. The van der Waals surface area contributed by atoms with E-state index in [0.29, 0.717) is 4.99 Å². The predicted molar refractivity (Wildman–Crippen MR) is 61.9 cm³/mol. The zero-order valence-corrected chi connectivity index (χ0v) is 9.51. The highest BCUT2D eigenvalue weighted by atomic mass is 32.2. The first-order valence-corrected chi connectivity index (χ1v) is 5.77. The molecule has 2 nitrogen and oxygen atoms in total. The highest BCUT2D eigenvalue weighted by Gasteiger charge is 1.98. The predicted octanol–water partition coefficient (Wildman–Crippen LogP) is 1.35. The van der Waals surface area contributed by atoms with Crippen molar-refractivity contribution in [1.29, 1.82) is 0 Å². The Morgan fingerprint density at radius 2 is 2.25 bits per heavy atom. The van der Waals surface area contributed by atoms with Gasteiger partial charge in [0, 0.05) is 6.54 Å². The number of nitrogens with zero attached hydrogens (tertiary/aromatic N) is 1. The first kappa shape index (κ1) is 12.2. The van der Waals surface area contributed by atoms with Gasteiger partial charge in [0.05, 0.1) is 4.99 Å². The van der Waals surface area contributed by atoms with Gasteiger partial charge in [-0.3, -0.25) is 4.90 Å². The lowest BCUT2D eigenvalue weighted by Crippen LogP contribution is -2.30. The molecule has 0 aliphatic rings. The summed E-state index contributed by atoms with van der Waals surface area (Å²) in [6.45, 7) is 4.01. The van der Waals surface area contributed by atoms with Gasteiger partial charge in [-0.25, -0.2) is 0 Å². The van der Waals surface area contributed by atoms with Crippen molar-refractivity contribution in [2.75, 3.05) is 31.6 Å². The Bertz CT molecular complexity index is 128. The maximum absolute atomic E-state index is 5.41. The van der Waals surface area contributed by atoms with Crippen LogP contribution in [0.5, 0.6) is 0 Å². The molecule has 0 saturated heterocycles. The Kier molecular flexibility index (Phi) is 7.96. The van der Waals surface area contributed by atoms with Gasteiger partial charge in [0.2, 0.25) is 0 Å². The molecule has 0 atom stereocenters. The minimum Gasteiger partial charge on any atom is -0.392 e. The molecular formula is C8H18N2S2. The molecule has 72 valence electrons. The molecule has 0 aliphatic carbocycles. The van der Waals surface area contributed by atoms with Gasteiger partial charge < -0.3 is 5.73 Å². The molecule has 0 aromatic heterocycles. The quantitative estimate of drug-likeness (QED) is 0.503. The Hall–Kier alpha value is 0.200. The topological polar surface area (TPSA) is 29.3 Å². The van der Waals surface area contributed by atoms with Gasteiger partial charge in [0.25, 0.3) is 0 Å². The van der Waals surface area contributed by atoms with Gasteiger partial charge >= 0.3 is 0 Å². The van der Waals surface area contributed by atoms with Crippen molar-refractivity contribution in [1.82, 2.24) is 4.90 Å². The molecule has 0 unspecified atom stereocenters. The fraction of sp³-hybridized carbons (Fsp3) is 0.875. The molecule has 0 bridgehead atoms. The maximum atomic E-state index is 5.41. The molecule has 0 heterocycles. The number of thiocarbonyl (C=S) groups is 1. The van der Waals surface area contributed by atoms with Crippen LogP contribution in [-0.4, -0.2) is 41.5 Å². The van der Waals surface area contributed by atoms with Gasteiger partial charge in [0.15, 0.2) is 0 Å². The van der Waals surface area contributed by atoms with E-state index in [2.05, 4.69) is 18.9 Å². The molecule has 0 aromatic carbocycles. The monoisotopic (exact) mass is 206 g/mol. The van der Waals surface area contributed by atoms with Crippen LogP contribution in [0.4, 0.5) is 0 Å². The van der Waals surface area contributed by atoms with Crippen molar-refractivity contribution in [2.24, 2.45) is 5.73 Å². The molecule has 0 spiro atoms. The summed E-state index contributed by atoms with van der Waals surface area (Å²) in [5, 5.41) is 0. The number of rotatable bonds is 7. The third-order valence-electron chi connectivity index (χ3n) is 1.46. The summed E-state index contributed by atoms with van der Waals surface area (Å²) in [4.78, 5) is 2.75. The van der Waals surface area contributed by atoms with Crippen LogP contribution in [-0.2, 0) is 0 Å². The van der Waals surface area contributed by atoms with Gasteiger partial charge in [-0.2, -0.15) is 11.8 Å². The van der Waals surface area contributed by atoms with Crippen molar-refractivity contribution in [3.8, 4) is 0 Å². The summed E-state index contributed by atoms with van der Waals surface area (Å²) in [6, 6.07) is 0. The van der Waals surface area contributed by atoms with Crippen molar-refractivity contribution in [3.05, 3.63) is 0 Å². The van der Waals surface area contributed by atoms with Crippen molar-refractivity contribution >= 4 is 29.0 Å². The number of thioether (sulfide) groups is 1. The zero-order chi connectivity index (χ0) is 9.40. The maximum Gasteiger partial charge on any atom is 0.0869 e.